The number of aryl methyl sites for hydroxylation is 2. The van der Waals surface area contributed by atoms with E-state index < -0.39 is 0 Å². The van der Waals surface area contributed by atoms with Crippen LogP contribution in [0.5, 0.6) is 11.5 Å². The molecule has 0 amide bonds. The number of benzene rings is 2. The average molecular weight is 365 g/mol. The molecule has 0 spiro atoms. The number of rotatable bonds is 7. The van der Waals surface area contributed by atoms with Gasteiger partial charge < -0.3 is 19.4 Å². The van der Waals surface area contributed by atoms with E-state index >= 15 is 0 Å². The number of aromatic nitrogens is 2. The Labute approximate surface area is 161 Å². The molecule has 1 aromatic heterocycles. The van der Waals surface area contributed by atoms with Crippen LogP contribution in [0.15, 0.2) is 42.6 Å². The molecule has 0 fully saturated rings. The van der Waals surface area contributed by atoms with Crippen LogP contribution in [0.1, 0.15) is 23.6 Å². The minimum absolute atomic E-state index is 0.614. The van der Waals surface area contributed by atoms with Gasteiger partial charge in [0.15, 0.2) is 11.5 Å². The molecule has 0 atom stereocenters. The molecule has 27 heavy (non-hydrogen) atoms. The van der Waals surface area contributed by atoms with Crippen molar-refractivity contribution in [1.82, 2.24) is 9.55 Å². The van der Waals surface area contributed by atoms with Crippen molar-refractivity contribution in [3.63, 3.8) is 0 Å². The summed E-state index contributed by atoms with van der Waals surface area (Å²) in [5, 5.41) is 3.40. The van der Waals surface area contributed by atoms with Gasteiger partial charge in [0, 0.05) is 19.2 Å². The van der Waals surface area contributed by atoms with Crippen LogP contribution in [0.25, 0.3) is 11.3 Å². The molecule has 1 N–H and O–H groups in total. The van der Waals surface area contributed by atoms with E-state index in [1.54, 1.807) is 7.11 Å². The van der Waals surface area contributed by atoms with Crippen LogP contribution in [0.2, 0.25) is 0 Å². The van der Waals surface area contributed by atoms with Crippen LogP contribution in [0.3, 0.4) is 0 Å². The van der Waals surface area contributed by atoms with E-state index in [-0.39, 0.29) is 0 Å². The molecule has 0 aliphatic rings. The van der Waals surface area contributed by atoms with Gasteiger partial charge in [-0.05, 0) is 55.7 Å². The van der Waals surface area contributed by atoms with Crippen LogP contribution in [0.4, 0.5) is 5.95 Å². The van der Waals surface area contributed by atoms with Gasteiger partial charge >= 0.3 is 0 Å². The number of anilines is 1. The van der Waals surface area contributed by atoms with Gasteiger partial charge in [-0.2, -0.15) is 0 Å². The van der Waals surface area contributed by atoms with Crippen molar-refractivity contribution in [3.8, 4) is 22.8 Å². The fourth-order valence-corrected chi connectivity index (χ4v) is 3.02. The number of nitrogens with zero attached hydrogens (tertiary/aromatic N) is 2. The van der Waals surface area contributed by atoms with Crippen molar-refractivity contribution in [2.75, 3.05) is 19.0 Å². The van der Waals surface area contributed by atoms with Gasteiger partial charge in [-0.15, -0.1) is 0 Å². The summed E-state index contributed by atoms with van der Waals surface area (Å²) in [5.74, 6) is 2.33. The summed E-state index contributed by atoms with van der Waals surface area (Å²) in [5.41, 5.74) is 5.94. The molecule has 0 aliphatic carbocycles. The van der Waals surface area contributed by atoms with Gasteiger partial charge in [-0.25, -0.2) is 4.98 Å². The molecule has 5 nitrogen and oxygen atoms in total. The van der Waals surface area contributed by atoms with E-state index in [9.17, 15) is 0 Å². The quantitative estimate of drug-likeness (QED) is 0.658. The zero-order valence-corrected chi connectivity index (χ0v) is 16.7. The first kappa shape index (κ1) is 18.8. The fourth-order valence-electron chi connectivity index (χ4n) is 3.02. The molecule has 142 valence electrons. The second-order valence-corrected chi connectivity index (χ2v) is 6.60. The maximum absolute atomic E-state index is 5.57. The summed E-state index contributed by atoms with van der Waals surface area (Å²) in [4.78, 5) is 4.54. The minimum atomic E-state index is 0.614. The molecule has 3 rings (SSSR count). The minimum Gasteiger partial charge on any atom is -0.493 e. The van der Waals surface area contributed by atoms with E-state index in [4.69, 9.17) is 9.47 Å². The highest BCUT2D eigenvalue weighted by atomic mass is 16.5. The van der Waals surface area contributed by atoms with Crippen molar-refractivity contribution in [3.05, 3.63) is 59.3 Å². The van der Waals surface area contributed by atoms with Crippen molar-refractivity contribution in [2.24, 2.45) is 7.05 Å². The largest absolute Gasteiger partial charge is 0.493 e. The summed E-state index contributed by atoms with van der Waals surface area (Å²) in [7, 11) is 3.68. The Morgan fingerprint density at radius 2 is 1.85 bits per heavy atom. The lowest BCUT2D eigenvalue weighted by Gasteiger charge is -2.12. The number of nitrogens with one attached hydrogen (secondary N) is 1. The van der Waals surface area contributed by atoms with Crippen molar-refractivity contribution < 1.29 is 9.47 Å². The molecule has 0 radical (unpaired) electrons. The lowest BCUT2D eigenvalue weighted by Crippen LogP contribution is -2.06. The Morgan fingerprint density at radius 1 is 1.04 bits per heavy atom. The zero-order valence-electron chi connectivity index (χ0n) is 16.7. The predicted molar refractivity (Wildman–Crippen MR) is 110 cm³/mol. The monoisotopic (exact) mass is 365 g/mol. The molecule has 0 saturated heterocycles. The van der Waals surface area contributed by atoms with Crippen LogP contribution in [0, 0.1) is 13.8 Å². The fraction of sp³-hybridized carbons (Fsp3) is 0.318. The standard InChI is InChI=1S/C22H27N3O2/c1-6-27-20-10-8-17(12-21(20)26-5)13-23-22-24-14-19(25(22)4)18-9-7-15(2)16(3)11-18/h7-12,14H,6,13H2,1-5H3,(H,23,24). The topological polar surface area (TPSA) is 48.3 Å². The predicted octanol–water partition coefficient (Wildman–Crippen LogP) is 4.72. The van der Waals surface area contributed by atoms with Gasteiger partial charge in [0.05, 0.1) is 25.6 Å². The average Bonchev–Trinajstić information content (AvgIpc) is 3.04. The smallest absolute Gasteiger partial charge is 0.203 e. The summed E-state index contributed by atoms with van der Waals surface area (Å²) >= 11 is 0. The number of hydrogen-bond donors (Lipinski definition) is 1. The van der Waals surface area contributed by atoms with Gasteiger partial charge in [0.2, 0.25) is 5.95 Å². The Balaban J connectivity index is 1.75. The van der Waals surface area contributed by atoms with E-state index in [0.29, 0.717) is 13.2 Å². The third kappa shape index (κ3) is 4.08. The van der Waals surface area contributed by atoms with Gasteiger partial charge in [-0.1, -0.05) is 18.2 Å². The normalized spacial score (nSPS) is 10.7. The molecule has 0 aliphatic heterocycles. The van der Waals surface area contributed by atoms with E-state index in [0.717, 1.165) is 28.7 Å². The zero-order chi connectivity index (χ0) is 19.4. The van der Waals surface area contributed by atoms with E-state index in [2.05, 4.69) is 46.9 Å². The van der Waals surface area contributed by atoms with Crippen molar-refractivity contribution in [1.29, 1.82) is 0 Å². The molecule has 5 heteroatoms. The molecular formula is C22H27N3O2. The second-order valence-electron chi connectivity index (χ2n) is 6.60. The third-order valence-corrected chi connectivity index (χ3v) is 4.77. The second kappa shape index (κ2) is 8.16. The molecule has 0 unspecified atom stereocenters. The van der Waals surface area contributed by atoms with Crippen LogP contribution >= 0.6 is 0 Å². The summed E-state index contributed by atoms with van der Waals surface area (Å²) < 4.78 is 13.1. The number of imidazole rings is 1. The molecule has 0 bridgehead atoms. The van der Waals surface area contributed by atoms with Crippen LogP contribution in [-0.2, 0) is 13.6 Å². The third-order valence-electron chi connectivity index (χ3n) is 4.77. The van der Waals surface area contributed by atoms with Gasteiger partial charge in [0.1, 0.15) is 0 Å². The molecule has 0 saturated carbocycles. The van der Waals surface area contributed by atoms with E-state index in [1.165, 1.54) is 16.7 Å². The Kier molecular flexibility index (Phi) is 5.69. The first-order valence-electron chi connectivity index (χ1n) is 9.16. The highest BCUT2D eigenvalue weighted by Crippen LogP contribution is 2.29. The van der Waals surface area contributed by atoms with Gasteiger partial charge in [0.25, 0.3) is 0 Å². The van der Waals surface area contributed by atoms with E-state index in [1.807, 2.05) is 38.4 Å². The summed E-state index contributed by atoms with van der Waals surface area (Å²) in [6, 6.07) is 12.5. The number of ether oxygens (including phenoxy) is 2. The molecule has 3 aromatic rings. The SMILES string of the molecule is CCOc1ccc(CNc2ncc(-c3ccc(C)c(C)c3)n2C)cc1OC. The molecule has 2 aromatic carbocycles. The van der Waals surface area contributed by atoms with Crippen molar-refractivity contribution in [2.45, 2.75) is 27.3 Å². The van der Waals surface area contributed by atoms with Crippen molar-refractivity contribution >= 4 is 5.95 Å². The molecule has 1 heterocycles. The molecular weight excluding hydrogens is 338 g/mol. The van der Waals surface area contributed by atoms with Crippen LogP contribution < -0.4 is 14.8 Å². The highest BCUT2D eigenvalue weighted by Gasteiger charge is 2.10. The Hall–Kier alpha value is -2.95. The summed E-state index contributed by atoms with van der Waals surface area (Å²) in [6.45, 7) is 7.49. The highest BCUT2D eigenvalue weighted by molar-refractivity contribution is 5.63. The lowest BCUT2D eigenvalue weighted by molar-refractivity contribution is 0.310. The Morgan fingerprint density at radius 3 is 2.56 bits per heavy atom. The van der Waals surface area contributed by atoms with Gasteiger partial charge in [-0.3, -0.25) is 0 Å². The number of hydrogen-bond acceptors (Lipinski definition) is 4. The van der Waals surface area contributed by atoms with Crippen LogP contribution in [-0.4, -0.2) is 23.3 Å². The summed E-state index contributed by atoms with van der Waals surface area (Å²) in [6.07, 6.45) is 1.91. The first-order chi connectivity index (χ1) is 13.0. The number of methoxy groups -OCH3 is 1. The Bertz CT molecular complexity index is 931. The maximum atomic E-state index is 5.57. The maximum Gasteiger partial charge on any atom is 0.203 e. The lowest BCUT2D eigenvalue weighted by atomic mass is 10.0. The first-order valence-corrected chi connectivity index (χ1v) is 9.16.